The first-order valence-electron chi connectivity index (χ1n) is 6.65. The molecule has 0 bridgehead atoms. The Morgan fingerprint density at radius 1 is 1.16 bits per heavy atom. The highest BCUT2D eigenvalue weighted by Crippen LogP contribution is 2.26. The molecule has 0 atom stereocenters. The standard InChI is InChI=1S/C14H28N2O3/c1-10(2)16(8-11(17)18)12(19)15-14(6,7)9-13(3,4)5/h10H,8-9H2,1-7H3,(H,15,19)(H,17,18). The van der Waals surface area contributed by atoms with Crippen molar-refractivity contribution >= 4 is 12.0 Å². The molecule has 2 N–H and O–H groups in total. The van der Waals surface area contributed by atoms with E-state index in [0.717, 1.165) is 6.42 Å². The van der Waals surface area contributed by atoms with Crippen LogP contribution in [-0.4, -0.2) is 40.1 Å². The third-order valence-corrected chi connectivity index (χ3v) is 2.61. The van der Waals surface area contributed by atoms with E-state index in [0.29, 0.717) is 0 Å². The average molecular weight is 272 g/mol. The summed E-state index contributed by atoms with van der Waals surface area (Å²) in [5.74, 6) is -1.00. The number of carboxylic acid groups (broad SMARTS) is 1. The lowest BCUT2D eigenvalue weighted by Gasteiger charge is -2.36. The third kappa shape index (κ3) is 7.70. The van der Waals surface area contributed by atoms with Crippen LogP contribution in [0.15, 0.2) is 0 Å². The van der Waals surface area contributed by atoms with Crippen molar-refractivity contribution in [3.63, 3.8) is 0 Å². The van der Waals surface area contributed by atoms with Gasteiger partial charge in [0.1, 0.15) is 6.54 Å². The summed E-state index contributed by atoms with van der Waals surface area (Å²) in [6.45, 7) is 13.6. The second-order valence-corrected chi connectivity index (χ2v) is 7.17. The van der Waals surface area contributed by atoms with Crippen molar-refractivity contribution < 1.29 is 14.7 Å². The van der Waals surface area contributed by atoms with Gasteiger partial charge in [-0.3, -0.25) is 4.79 Å². The SMILES string of the molecule is CC(C)N(CC(=O)O)C(=O)NC(C)(C)CC(C)(C)C. The molecule has 0 unspecified atom stereocenters. The molecule has 0 aliphatic heterocycles. The Balaban J connectivity index is 4.76. The molecule has 5 heteroatoms. The van der Waals surface area contributed by atoms with E-state index in [9.17, 15) is 9.59 Å². The van der Waals surface area contributed by atoms with Gasteiger partial charge in [0.2, 0.25) is 0 Å². The fourth-order valence-electron chi connectivity index (χ4n) is 2.37. The van der Waals surface area contributed by atoms with Gasteiger partial charge in [-0.15, -0.1) is 0 Å². The van der Waals surface area contributed by atoms with Gasteiger partial charge in [0, 0.05) is 11.6 Å². The maximum Gasteiger partial charge on any atom is 0.323 e. The Kier molecular flexibility index (Phi) is 5.84. The summed E-state index contributed by atoms with van der Waals surface area (Å²) in [5.41, 5.74) is -0.285. The number of nitrogens with one attached hydrogen (secondary N) is 1. The van der Waals surface area contributed by atoms with E-state index in [1.165, 1.54) is 4.90 Å². The van der Waals surface area contributed by atoms with Crippen molar-refractivity contribution in [3.05, 3.63) is 0 Å². The van der Waals surface area contributed by atoms with Gasteiger partial charge in [-0.25, -0.2) is 4.79 Å². The van der Waals surface area contributed by atoms with Gasteiger partial charge in [-0.1, -0.05) is 20.8 Å². The Morgan fingerprint density at radius 3 is 1.95 bits per heavy atom. The van der Waals surface area contributed by atoms with Crippen LogP contribution in [0.25, 0.3) is 0 Å². The fourth-order valence-corrected chi connectivity index (χ4v) is 2.37. The molecular weight excluding hydrogens is 244 g/mol. The van der Waals surface area contributed by atoms with Crippen LogP contribution in [0.4, 0.5) is 4.79 Å². The van der Waals surface area contributed by atoms with Crippen molar-refractivity contribution in [1.29, 1.82) is 0 Å². The van der Waals surface area contributed by atoms with Gasteiger partial charge >= 0.3 is 12.0 Å². The quantitative estimate of drug-likeness (QED) is 0.808. The summed E-state index contributed by atoms with van der Waals surface area (Å²) in [7, 11) is 0. The summed E-state index contributed by atoms with van der Waals surface area (Å²) in [4.78, 5) is 24.3. The maximum atomic E-state index is 12.2. The monoisotopic (exact) mass is 272 g/mol. The van der Waals surface area contributed by atoms with Gasteiger partial charge in [0.25, 0.3) is 0 Å². The number of hydrogen-bond donors (Lipinski definition) is 2. The highest BCUT2D eigenvalue weighted by Gasteiger charge is 2.30. The van der Waals surface area contributed by atoms with Crippen molar-refractivity contribution in [1.82, 2.24) is 10.2 Å². The van der Waals surface area contributed by atoms with Crippen molar-refractivity contribution in [2.45, 2.75) is 66.5 Å². The molecule has 0 heterocycles. The number of nitrogens with zero attached hydrogens (tertiary/aromatic N) is 1. The molecule has 0 fully saturated rings. The van der Waals surface area contributed by atoms with Gasteiger partial charge in [-0.2, -0.15) is 0 Å². The van der Waals surface area contributed by atoms with Crippen LogP contribution in [0.5, 0.6) is 0 Å². The molecule has 0 aromatic heterocycles. The zero-order valence-corrected chi connectivity index (χ0v) is 13.2. The predicted molar refractivity (Wildman–Crippen MR) is 76.2 cm³/mol. The van der Waals surface area contributed by atoms with Gasteiger partial charge in [-0.05, 0) is 39.5 Å². The van der Waals surface area contributed by atoms with E-state index in [4.69, 9.17) is 5.11 Å². The Hall–Kier alpha value is -1.26. The number of carboxylic acids is 1. The molecule has 0 aliphatic rings. The molecule has 0 aromatic rings. The molecular formula is C14H28N2O3. The molecule has 0 saturated carbocycles. The topological polar surface area (TPSA) is 69.6 Å². The highest BCUT2D eigenvalue weighted by molar-refractivity contribution is 5.80. The van der Waals surface area contributed by atoms with Crippen LogP contribution >= 0.6 is 0 Å². The first-order chi connectivity index (χ1) is 8.34. The second-order valence-electron chi connectivity index (χ2n) is 7.17. The average Bonchev–Trinajstić information content (AvgIpc) is 2.07. The summed E-state index contributed by atoms with van der Waals surface area (Å²) in [6, 6.07) is -0.479. The van der Waals surface area contributed by atoms with Gasteiger partial charge in [0.15, 0.2) is 0 Å². The zero-order chi connectivity index (χ0) is 15.4. The lowest BCUT2D eigenvalue weighted by molar-refractivity contribution is -0.138. The predicted octanol–water partition coefficient (Wildman–Crippen LogP) is 2.71. The Bertz CT molecular complexity index is 330. The maximum absolute atomic E-state index is 12.2. The molecule has 0 aliphatic carbocycles. The molecule has 19 heavy (non-hydrogen) atoms. The summed E-state index contributed by atoms with van der Waals surface area (Å²) < 4.78 is 0. The van der Waals surface area contributed by atoms with Crippen molar-refractivity contribution in [2.75, 3.05) is 6.54 Å². The fraction of sp³-hybridized carbons (Fsp3) is 0.857. The second kappa shape index (κ2) is 6.26. The minimum atomic E-state index is -1.00. The number of urea groups is 1. The van der Waals surface area contributed by atoms with Crippen LogP contribution in [0.1, 0.15) is 54.9 Å². The number of carbonyl (C=O) groups excluding carboxylic acids is 1. The molecule has 2 amide bonds. The summed E-state index contributed by atoms with van der Waals surface area (Å²) in [6.07, 6.45) is 0.810. The summed E-state index contributed by atoms with van der Waals surface area (Å²) in [5, 5.41) is 11.8. The lowest BCUT2D eigenvalue weighted by atomic mass is 9.82. The van der Waals surface area contributed by atoms with Crippen LogP contribution < -0.4 is 5.32 Å². The summed E-state index contributed by atoms with van der Waals surface area (Å²) >= 11 is 0. The molecule has 5 nitrogen and oxygen atoms in total. The van der Waals surface area contributed by atoms with Crippen LogP contribution in [-0.2, 0) is 4.79 Å². The third-order valence-electron chi connectivity index (χ3n) is 2.61. The smallest absolute Gasteiger partial charge is 0.323 e. The largest absolute Gasteiger partial charge is 0.480 e. The first kappa shape index (κ1) is 17.7. The minimum Gasteiger partial charge on any atom is -0.480 e. The first-order valence-corrected chi connectivity index (χ1v) is 6.65. The Labute approximate surface area is 116 Å². The highest BCUT2D eigenvalue weighted by atomic mass is 16.4. The van der Waals surface area contributed by atoms with Crippen LogP contribution in [0.3, 0.4) is 0 Å². The molecule has 0 rings (SSSR count). The van der Waals surface area contributed by atoms with Crippen LogP contribution in [0.2, 0.25) is 0 Å². The van der Waals surface area contributed by atoms with E-state index in [1.54, 1.807) is 13.8 Å². The van der Waals surface area contributed by atoms with E-state index in [-0.39, 0.29) is 29.6 Å². The molecule has 0 saturated heterocycles. The van der Waals surface area contributed by atoms with Gasteiger partial charge < -0.3 is 15.3 Å². The van der Waals surface area contributed by atoms with E-state index >= 15 is 0 Å². The van der Waals surface area contributed by atoms with Gasteiger partial charge in [0.05, 0.1) is 0 Å². The van der Waals surface area contributed by atoms with Crippen molar-refractivity contribution in [3.8, 4) is 0 Å². The van der Waals surface area contributed by atoms with Crippen molar-refractivity contribution in [2.24, 2.45) is 5.41 Å². The lowest BCUT2D eigenvalue weighted by Crippen LogP contribution is -2.54. The molecule has 112 valence electrons. The normalized spacial score (nSPS) is 12.4. The van der Waals surface area contributed by atoms with Crippen LogP contribution in [0, 0.1) is 5.41 Å². The number of rotatable bonds is 5. The minimum absolute atomic E-state index is 0.0895. The number of aliphatic carboxylic acids is 1. The number of amides is 2. The number of carbonyl (C=O) groups is 2. The number of hydrogen-bond acceptors (Lipinski definition) is 2. The van der Waals surface area contributed by atoms with E-state index in [1.807, 2.05) is 13.8 Å². The Morgan fingerprint density at radius 2 is 1.63 bits per heavy atom. The molecule has 0 spiro atoms. The zero-order valence-electron chi connectivity index (χ0n) is 13.2. The van der Waals surface area contributed by atoms with E-state index < -0.39 is 5.97 Å². The van der Waals surface area contributed by atoms with E-state index in [2.05, 4.69) is 26.1 Å². The molecule has 0 aromatic carbocycles. The molecule has 0 radical (unpaired) electrons.